The third kappa shape index (κ3) is 2.22. The molecule has 3 rings (SSSR count). The Morgan fingerprint density at radius 3 is 2.89 bits per heavy atom. The molecule has 0 unspecified atom stereocenters. The number of rotatable bonds is 4. The first-order valence-electron chi connectivity index (χ1n) is 6.42. The number of hydrogen-bond donors (Lipinski definition) is 2. The molecule has 3 N–H and O–H groups in total. The van der Waals surface area contributed by atoms with E-state index in [4.69, 9.17) is 10.3 Å². The number of benzene rings is 1. The van der Waals surface area contributed by atoms with E-state index in [0.717, 1.165) is 11.0 Å². The maximum Gasteiger partial charge on any atom is 0.269 e. The zero-order valence-corrected chi connectivity index (χ0v) is 10.8. The summed E-state index contributed by atoms with van der Waals surface area (Å²) < 4.78 is 5.81. The predicted molar refractivity (Wildman–Crippen MR) is 72.4 cm³/mol. The Hall–Kier alpha value is -1.85. The van der Waals surface area contributed by atoms with Gasteiger partial charge in [0.05, 0.1) is 12.1 Å². The molecular formula is C14H17N3O2. The Balaban J connectivity index is 2.03. The molecule has 1 aliphatic carbocycles. The van der Waals surface area contributed by atoms with Crippen molar-refractivity contribution >= 4 is 16.9 Å². The van der Waals surface area contributed by atoms with Gasteiger partial charge in [-0.15, -0.1) is 0 Å². The summed E-state index contributed by atoms with van der Waals surface area (Å²) in [4.78, 5) is 14.2. The van der Waals surface area contributed by atoms with E-state index in [-0.39, 0.29) is 5.91 Å². The van der Waals surface area contributed by atoms with Gasteiger partial charge in [0.1, 0.15) is 11.3 Å². The number of hydrogen-bond acceptors (Lipinski definition) is 4. The van der Waals surface area contributed by atoms with Gasteiger partial charge >= 0.3 is 0 Å². The van der Waals surface area contributed by atoms with Crippen LogP contribution in [0.5, 0.6) is 0 Å². The molecule has 5 nitrogen and oxygen atoms in total. The number of carbonyl (C=O) groups excluding carboxylic acids is 1. The van der Waals surface area contributed by atoms with Crippen LogP contribution in [-0.4, -0.2) is 23.9 Å². The smallest absolute Gasteiger partial charge is 0.269 e. The highest BCUT2D eigenvalue weighted by atomic mass is 16.3. The van der Waals surface area contributed by atoms with Crippen molar-refractivity contribution in [2.75, 3.05) is 7.05 Å². The average molecular weight is 259 g/mol. The quantitative estimate of drug-likeness (QED) is 0.497. The van der Waals surface area contributed by atoms with Crippen LogP contribution < -0.4 is 11.3 Å². The lowest BCUT2D eigenvalue weighted by Crippen LogP contribution is -2.31. The molecule has 0 spiro atoms. The van der Waals surface area contributed by atoms with E-state index in [1.165, 1.54) is 12.8 Å². The second-order valence-electron chi connectivity index (χ2n) is 5.02. The summed E-state index contributed by atoms with van der Waals surface area (Å²) in [7, 11) is 2.05. The monoisotopic (exact) mass is 259 g/mol. The van der Waals surface area contributed by atoms with Crippen molar-refractivity contribution in [2.24, 2.45) is 5.84 Å². The number of nitrogens with one attached hydrogen (secondary N) is 1. The molecule has 5 heteroatoms. The molecule has 0 saturated heterocycles. The molecule has 1 amide bonds. The molecule has 0 aliphatic heterocycles. The van der Waals surface area contributed by atoms with Crippen LogP contribution in [0.3, 0.4) is 0 Å². The molecule has 19 heavy (non-hydrogen) atoms. The molecule has 1 aliphatic rings. The first-order valence-corrected chi connectivity index (χ1v) is 6.42. The third-order valence-electron chi connectivity index (χ3n) is 3.59. The van der Waals surface area contributed by atoms with E-state index in [9.17, 15) is 4.79 Å². The standard InChI is InChI=1S/C14H17N3O2/c1-17(9-6-7-9)8-12-13(14(18)16-15)10-4-2-3-5-11(10)19-12/h2-5,9H,6-8,15H2,1H3,(H,16,18). The molecule has 2 aromatic rings. The van der Waals surface area contributed by atoms with E-state index >= 15 is 0 Å². The van der Waals surface area contributed by atoms with Crippen LogP contribution in [0.25, 0.3) is 11.0 Å². The highest BCUT2D eigenvalue weighted by Crippen LogP contribution is 2.30. The lowest BCUT2D eigenvalue weighted by atomic mass is 10.1. The number of nitrogen functional groups attached to an aromatic ring is 1. The lowest BCUT2D eigenvalue weighted by molar-refractivity contribution is 0.0951. The number of hydrazine groups is 1. The fourth-order valence-electron chi connectivity index (χ4n) is 2.40. The van der Waals surface area contributed by atoms with Crippen molar-refractivity contribution in [1.82, 2.24) is 10.3 Å². The van der Waals surface area contributed by atoms with Crippen molar-refractivity contribution in [2.45, 2.75) is 25.4 Å². The average Bonchev–Trinajstić information content (AvgIpc) is 3.20. The number of carbonyl (C=O) groups is 1. The molecule has 1 saturated carbocycles. The number of nitrogens with two attached hydrogens (primary N) is 1. The van der Waals surface area contributed by atoms with Crippen molar-refractivity contribution in [3.05, 3.63) is 35.6 Å². The molecule has 0 radical (unpaired) electrons. The van der Waals surface area contributed by atoms with E-state index in [0.29, 0.717) is 23.9 Å². The van der Waals surface area contributed by atoms with Gasteiger partial charge in [-0.05, 0) is 26.0 Å². The topological polar surface area (TPSA) is 71.5 Å². The van der Waals surface area contributed by atoms with Gasteiger partial charge in [0.15, 0.2) is 0 Å². The van der Waals surface area contributed by atoms with Gasteiger partial charge in [-0.1, -0.05) is 18.2 Å². The predicted octanol–water partition coefficient (Wildman–Crippen LogP) is 1.63. The van der Waals surface area contributed by atoms with Gasteiger partial charge in [-0.2, -0.15) is 0 Å². The summed E-state index contributed by atoms with van der Waals surface area (Å²) in [5.74, 6) is 5.65. The van der Waals surface area contributed by atoms with E-state index in [2.05, 4.69) is 17.4 Å². The molecule has 1 fully saturated rings. The second kappa shape index (κ2) is 4.68. The number of para-hydroxylation sites is 1. The Morgan fingerprint density at radius 1 is 1.47 bits per heavy atom. The SMILES string of the molecule is CN(Cc1oc2ccccc2c1C(=O)NN)C1CC1. The molecule has 1 aromatic heterocycles. The molecule has 0 atom stereocenters. The fourth-order valence-corrected chi connectivity index (χ4v) is 2.40. The van der Waals surface area contributed by atoms with Crippen molar-refractivity contribution in [3.63, 3.8) is 0 Å². The third-order valence-corrected chi connectivity index (χ3v) is 3.59. The van der Waals surface area contributed by atoms with Crippen LogP contribution in [0.1, 0.15) is 29.0 Å². The summed E-state index contributed by atoms with van der Waals surface area (Å²) >= 11 is 0. The van der Waals surface area contributed by atoms with Gasteiger partial charge in [-0.3, -0.25) is 15.1 Å². The number of furan rings is 1. The Morgan fingerprint density at radius 2 is 2.21 bits per heavy atom. The summed E-state index contributed by atoms with van der Waals surface area (Å²) in [5.41, 5.74) is 3.47. The minimum absolute atomic E-state index is 0.302. The number of amides is 1. The van der Waals surface area contributed by atoms with Gasteiger partial charge in [0.2, 0.25) is 0 Å². The zero-order chi connectivity index (χ0) is 13.4. The Kier molecular flexibility index (Phi) is 3.00. The Labute approximate surface area is 111 Å². The van der Waals surface area contributed by atoms with E-state index in [1.807, 2.05) is 24.3 Å². The summed E-state index contributed by atoms with van der Waals surface area (Å²) in [6, 6.07) is 8.14. The molecule has 1 aromatic carbocycles. The highest BCUT2D eigenvalue weighted by Gasteiger charge is 2.29. The molecule has 1 heterocycles. The van der Waals surface area contributed by atoms with E-state index < -0.39 is 0 Å². The van der Waals surface area contributed by atoms with Crippen LogP contribution >= 0.6 is 0 Å². The zero-order valence-electron chi connectivity index (χ0n) is 10.8. The summed E-state index contributed by atoms with van der Waals surface area (Å²) in [6.45, 7) is 0.627. The van der Waals surface area contributed by atoms with Crippen molar-refractivity contribution in [3.8, 4) is 0 Å². The van der Waals surface area contributed by atoms with Gasteiger partial charge in [-0.25, -0.2) is 5.84 Å². The van der Waals surface area contributed by atoms with Crippen molar-refractivity contribution < 1.29 is 9.21 Å². The van der Waals surface area contributed by atoms with Crippen molar-refractivity contribution in [1.29, 1.82) is 0 Å². The summed E-state index contributed by atoms with van der Waals surface area (Å²) in [5, 5.41) is 0.810. The van der Waals surface area contributed by atoms with Crippen LogP contribution in [0.2, 0.25) is 0 Å². The first kappa shape index (κ1) is 12.2. The number of fused-ring (bicyclic) bond motifs is 1. The minimum Gasteiger partial charge on any atom is -0.459 e. The molecular weight excluding hydrogens is 242 g/mol. The second-order valence-corrected chi connectivity index (χ2v) is 5.02. The molecule has 100 valence electrons. The van der Waals surface area contributed by atoms with Crippen LogP contribution in [-0.2, 0) is 6.54 Å². The minimum atomic E-state index is -0.302. The largest absolute Gasteiger partial charge is 0.459 e. The van der Waals surface area contributed by atoms with Gasteiger partial charge < -0.3 is 4.42 Å². The number of nitrogens with zero attached hydrogens (tertiary/aromatic N) is 1. The highest BCUT2D eigenvalue weighted by molar-refractivity contribution is 6.07. The van der Waals surface area contributed by atoms with E-state index in [1.54, 1.807) is 0 Å². The van der Waals surface area contributed by atoms with Gasteiger partial charge in [0, 0.05) is 11.4 Å². The van der Waals surface area contributed by atoms with Crippen LogP contribution in [0, 0.1) is 0 Å². The summed E-state index contributed by atoms with van der Waals surface area (Å²) in [6.07, 6.45) is 2.43. The Bertz CT molecular complexity index is 616. The normalized spacial score (nSPS) is 15.1. The lowest BCUT2D eigenvalue weighted by Gasteiger charge is -2.14. The van der Waals surface area contributed by atoms with Crippen LogP contribution in [0.4, 0.5) is 0 Å². The van der Waals surface area contributed by atoms with Gasteiger partial charge in [0.25, 0.3) is 5.91 Å². The molecule has 0 bridgehead atoms. The van der Waals surface area contributed by atoms with Crippen LogP contribution in [0.15, 0.2) is 28.7 Å². The fraction of sp³-hybridized carbons (Fsp3) is 0.357. The first-order chi connectivity index (χ1) is 9.20. The maximum absolute atomic E-state index is 12.0. The maximum atomic E-state index is 12.0.